The second-order valence-corrected chi connectivity index (χ2v) is 3.89. The van der Waals surface area contributed by atoms with Crippen molar-refractivity contribution in [2.75, 3.05) is 5.75 Å². The van der Waals surface area contributed by atoms with Crippen LogP contribution in [0.5, 0.6) is 0 Å². The van der Waals surface area contributed by atoms with Crippen molar-refractivity contribution in [3.8, 4) is 0 Å². The Labute approximate surface area is 91.0 Å². The van der Waals surface area contributed by atoms with E-state index in [0.717, 1.165) is 18.9 Å². The van der Waals surface area contributed by atoms with Gasteiger partial charge in [0.25, 0.3) is 11.3 Å². The highest BCUT2D eigenvalue weighted by molar-refractivity contribution is 7.99. The number of rotatable bonds is 6. The van der Waals surface area contributed by atoms with Gasteiger partial charge in [-0.1, -0.05) is 18.7 Å². The van der Waals surface area contributed by atoms with Crippen molar-refractivity contribution < 1.29 is 13.2 Å². The Morgan fingerprint density at radius 2 is 2.27 bits per heavy atom. The Hall–Kier alpha value is -0.910. The fourth-order valence-electron chi connectivity index (χ4n) is 0.926. The van der Waals surface area contributed by atoms with Gasteiger partial charge >= 0.3 is 0 Å². The van der Waals surface area contributed by atoms with Crippen LogP contribution in [0.2, 0.25) is 0 Å². The van der Waals surface area contributed by atoms with Gasteiger partial charge in [0.2, 0.25) is 5.89 Å². The largest absolute Gasteiger partial charge is 0.416 e. The van der Waals surface area contributed by atoms with E-state index in [1.807, 2.05) is 6.92 Å². The number of halogens is 2. The molecular weight excluding hydrogens is 222 g/mol. The van der Waals surface area contributed by atoms with E-state index in [1.54, 1.807) is 0 Å². The molecule has 6 heteroatoms. The molecule has 0 fully saturated rings. The summed E-state index contributed by atoms with van der Waals surface area (Å²) in [7, 11) is 0. The number of allylic oxidation sites excluding steroid dienone is 1. The lowest BCUT2D eigenvalue weighted by atomic mass is 10.3. The van der Waals surface area contributed by atoms with E-state index < -0.39 is 6.08 Å². The number of aryl methyl sites for hydroxylation is 1. The highest BCUT2D eigenvalue weighted by Gasteiger charge is 2.04. The van der Waals surface area contributed by atoms with Crippen LogP contribution in [0.25, 0.3) is 0 Å². The van der Waals surface area contributed by atoms with Crippen LogP contribution >= 0.6 is 11.8 Å². The van der Waals surface area contributed by atoms with E-state index in [1.165, 1.54) is 11.8 Å². The second kappa shape index (κ2) is 6.55. The van der Waals surface area contributed by atoms with E-state index in [2.05, 4.69) is 10.2 Å². The molecule has 0 aromatic carbocycles. The van der Waals surface area contributed by atoms with Crippen LogP contribution < -0.4 is 0 Å². The summed E-state index contributed by atoms with van der Waals surface area (Å²) in [5, 5.41) is 8.06. The molecule has 0 amide bonds. The summed E-state index contributed by atoms with van der Waals surface area (Å²) in [5.74, 6) is 1.12. The number of hydrogen-bond donors (Lipinski definition) is 0. The van der Waals surface area contributed by atoms with Crippen molar-refractivity contribution in [2.24, 2.45) is 0 Å². The molecule has 0 N–H and O–H groups in total. The van der Waals surface area contributed by atoms with Gasteiger partial charge in [0.05, 0.1) is 0 Å². The number of hydrogen-bond acceptors (Lipinski definition) is 4. The molecular formula is C9H12F2N2OS. The zero-order valence-corrected chi connectivity index (χ0v) is 9.19. The summed E-state index contributed by atoms with van der Waals surface area (Å²) >= 11 is 1.29. The Balaban J connectivity index is 2.28. The molecule has 0 aliphatic rings. The molecule has 0 aliphatic heterocycles. The quantitative estimate of drug-likeness (QED) is 0.559. The second-order valence-electron chi connectivity index (χ2n) is 2.84. The van der Waals surface area contributed by atoms with Gasteiger partial charge in [0.1, 0.15) is 0 Å². The van der Waals surface area contributed by atoms with Gasteiger partial charge in [-0.2, -0.15) is 8.78 Å². The minimum Gasteiger partial charge on any atom is -0.416 e. The molecule has 0 spiro atoms. The van der Waals surface area contributed by atoms with Gasteiger partial charge in [0.15, 0.2) is 0 Å². The van der Waals surface area contributed by atoms with Crippen molar-refractivity contribution in [3.05, 3.63) is 18.0 Å². The first-order chi connectivity index (χ1) is 7.22. The van der Waals surface area contributed by atoms with E-state index >= 15 is 0 Å². The van der Waals surface area contributed by atoms with Crippen LogP contribution in [0, 0.1) is 0 Å². The summed E-state index contributed by atoms with van der Waals surface area (Å²) in [6.07, 6.45) is 1.25. The standard InChI is InChI=1S/C9H12F2N2OS/c1-2-4-8-12-13-9(14-8)15-6-3-5-7(10)11/h5H,2-4,6H2,1H3. The third-order valence-electron chi connectivity index (χ3n) is 1.55. The van der Waals surface area contributed by atoms with Gasteiger partial charge < -0.3 is 4.42 Å². The summed E-state index contributed by atoms with van der Waals surface area (Å²) in [6.45, 7) is 2.02. The Morgan fingerprint density at radius 3 is 2.93 bits per heavy atom. The molecule has 3 nitrogen and oxygen atoms in total. The average molecular weight is 234 g/mol. The minimum absolute atomic E-state index is 0.304. The van der Waals surface area contributed by atoms with Crippen LogP contribution in [-0.4, -0.2) is 16.0 Å². The van der Waals surface area contributed by atoms with E-state index in [4.69, 9.17) is 4.42 Å². The maximum atomic E-state index is 11.7. The van der Waals surface area contributed by atoms with E-state index in [0.29, 0.717) is 23.3 Å². The normalized spacial score (nSPS) is 10.3. The maximum Gasteiger partial charge on any atom is 0.276 e. The third-order valence-corrected chi connectivity index (χ3v) is 2.41. The molecule has 0 atom stereocenters. The lowest BCUT2D eigenvalue weighted by molar-refractivity contribution is 0.411. The predicted octanol–water partition coefficient (Wildman–Crippen LogP) is 3.28. The number of nitrogens with zero attached hydrogens (tertiary/aromatic N) is 2. The van der Waals surface area contributed by atoms with Crippen LogP contribution in [0.3, 0.4) is 0 Å². The van der Waals surface area contributed by atoms with E-state index in [9.17, 15) is 8.78 Å². The molecule has 0 unspecified atom stereocenters. The minimum atomic E-state index is -1.65. The molecule has 0 bridgehead atoms. The Bertz CT molecular complexity index is 324. The van der Waals surface area contributed by atoms with Crippen LogP contribution in [0.15, 0.2) is 21.8 Å². The highest BCUT2D eigenvalue weighted by Crippen LogP contribution is 2.18. The average Bonchev–Trinajstić information content (AvgIpc) is 2.61. The molecule has 0 saturated carbocycles. The molecule has 0 aliphatic carbocycles. The van der Waals surface area contributed by atoms with Crippen LogP contribution in [0.1, 0.15) is 25.7 Å². The molecule has 1 aromatic rings. The first-order valence-corrected chi connectivity index (χ1v) is 5.67. The molecule has 15 heavy (non-hydrogen) atoms. The zero-order chi connectivity index (χ0) is 11.1. The molecule has 84 valence electrons. The van der Waals surface area contributed by atoms with Crippen LogP contribution in [0.4, 0.5) is 8.78 Å². The highest BCUT2D eigenvalue weighted by atomic mass is 32.2. The summed E-state index contributed by atoms with van der Waals surface area (Å²) in [4.78, 5) is 0. The Morgan fingerprint density at radius 1 is 1.47 bits per heavy atom. The fraction of sp³-hybridized carbons (Fsp3) is 0.556. The summed E-state index contributed by atoms with van der Waals surface area (Å²) in [5.41, 5.74) is 0. The van der Waals surface area contributed by atoms with Gasteiger partial charge in [-0.15, -0.1) is 10.2 Å². The topological polar surface area (TPSA) is 38.9 Å². The van der Waals surface area contributed by atoms with Crippen molar-refractivity contribution >= 4 is 11.8 Å². The first-order valence-electron chi connectivity index (χ1n) is 4.68. The smallest absolute Gasteiger partial charge is 0.276 e. The molecule has 1 aromatic heterocycles. The summed E-state index contributed by atoms with van der Waals surface area (Å²) < 4.78 is 28.6. The first kappa shape index (κ1) is 12.2. The maximum absolute atomic E-state index is 11.7. The van der Waals surface area contributed by atoms with Crippen molar-refractivity contribution in [1.82, 2.24) is 10.2 Å². The van der Waals surface area contributed by atoms with Gasteiger partial charge in [0, 0.05) is 12.2 Å². The molecule has 0 saturated heterocycles. The monoisotopic (exact) mass is 234 g/mol. The Kier molecular flexibility index (Phi) is 5.31. The molecule has 1 rings (SSSR count). The van der Waals surface area contributed by atoms with E-state index in [-0.39, 0.29) is 0 Å². The van der Waals surface area contributed by atoms with Crippen molar-refractivity contribution in [2.45, 2.75) is 31.4 Å². The molecule has 1 heterocycles. The zero-order valence-electron chi connectivity index (χ0n) is 8.37. The summed E-state index contributed by atoms with van der Waals surface area (Å²) in [6, 6.07) is 0. The lowest BCUT2D eigenvalue weighted by Gasteiger charge is -1.91. The van der Waals surface area contributed by atoms with Gasteiger partial charge in [-0.25, -0.2) is 0 Å². The van der Waals surface area contributed by atoms with Gasteiger partial charge in [-0.05, 0) is 18.9 Å². The SMILES string of the molecule is CCCc1nnc(SCCC=C(F)F)o1. The van der Waals surface area contributed by atoms with Crippen molar-refractivity contribution in [1.29, 1.82) is 0 Å². The third kappa shape index (κ3) is 4.92. The van der Waals surface area contributed by atoms with Crippen molar-refractivity contribution in [3.63, 3.8) is 0 Å². The van der Waals surface area contributed by atoms with Crippen LogP contribution in [-0.2, 0) is 6.42 Å². The predicted molar refractivity (Wildman–Crippen MR) is 53.9 cm³/mol. The lowest BCUT2D eigenvalue weighted by Crippen LogP contribution is -1.80. The van der Waals surface area contributed by atoms with Gasteiger partial charge in [-0.3, -0.25) is 0 Å². The molecule has 0 radical (unpaired) electrons. The number of thioether (sulfide) groups is 1. The fourth-order valence-corrected chi connectivity index (χ4v) is 1.59. The number of aromatic nitrogens is 2.